The van der Waals surface area contributed by atoms with E-state index in [1.54, 1.807) is 25.1 Å². The van der Waals surface area contributed by atoms with Crippen molar-refractivity contribution in [2.45, 2.75) is 26.2 Å². The summed E-state index contributed by atoms with van der Waals surface area (Å²) in [5, 5.41) is 2.89. The molecule has 0 heterocycles. The summed E-state index contributed by atoms with van der Waals surface area (Å²) >= 11 is 0. The number of nitrogens with two attached hydrogens (primary N) is 1. The van der Waals surface area contributed by atoms with Gasteiger partial charge < -0.3 is 11.1 Å². The predicted molar refractivity (Wildman–Crippen MR) is 74.8 cm³/mol. The van der Waals surface area contributed by atoms with E-state index in [9.17, 15) is 9.59 Å². The minimum Gasteiger partial charge on any atom is -0.366 e. The van der Waals surface area contributed by atoms with Gasteiger partial charge in [-0.05, 0) is 43.9 Å². The molecule has 0 fully saturated rings. The molecule has 1 aromatic carbocycles. The lowest BCUT2D eigenvalue weighted by Gasteiger charge is -2.18. The van der Waals surface area contributed by atoms with Gasteiger partial charge in [-0.3, -0.25) is 9.59 Å². The SMILES string of the molecule is Cc1c(NC(=O)C2CC=CCC2)cccc1C(N)=O. The zero-order chi connectivity index (χ0) is 13.8. The van der Waals surface area contributed by atoms with E-state index < -0.39 is 5.91 Å². The summed E-state index contributed by atoms with van der Waals surface area (Å²) in [4.78, 5) is 23.4. The molecule has 0 aromatic heterocycles. The molecule has 2 rings (SSSR count). The van der Waals surface area contributed by atoms with Gasteiger partial charge in [-0.1, -0.05) is 18.2 Å². The summed E-state index contributed by atoms with van der Waals surface area (Å²) in [5.74, 6) is -0.454. The fourth-order valence-electron chi connectivity index (χ4n) is 2.30. The average Bonchev–Trinajstić information content (AvgIpc) is 2.41. The molecule has 2 amide bonds. The number of amides is 2. The van der Waals surface area contributed by atoms with Crippen LogP contribution in [0.15, 0.2) is 30.4 Å². The summed E-state index contributed by atoms with van der Waals surface area (Å²) in [7, 11) is 0. The van der Waals surface area contributed by atoms with Crippen LogP contribution < -0.4 is 11.1 Å². The van der Waals surface area contributed by atoms with E-state index in [0.717, 1.165) is 24.8 Å². The van der Waals surface area contributed by atoms with Crippen LogP contribution in [0.1, 0.15) is 35.2 Å². The van der Waals surface area contributed by atoms with Crippen LogP contribution in [0.5, 0.6) is 0 Å². The first-order valence-electron chi connectivity index (χ1n) is 6.45. The highest BCUT2D eigenvalue weighted by atomic mass is 16.2. The van der Waals surface area contributed by atoms with E-state index >= 15 is 0 Å². The zero-order valence-electron chi connectivity index (χ0n) is 11.0. The molecule has 4 nitrogen and oxygen atoms in total. The maximum atomic E-state index is 12.1. The molecule has 0 spiro atoms. The molecule has 1 aromatic rings. The largest absolute Gasteiger partial charge is 0.366 e. The summed E-state index contributed by atoms with van der Waals surface area (Å²) in [5.41, 5.74) is 7.12. The van der Waals surface area contributed by atoms with Crippen molar-refractivity contribution >= 4 is 17.5 Å². The summed E-state index contributed by atoms with van der Waals surface area (Å²) in [6.07, 6.45) is 6.73. The number of nitrogens with one attached hydrogen (secondary N) is 1. The van der Waals surface area contributed by atoms with Gasteiger partial charge in [-0.15, -0.1) is 0 Å². The number of hydrogen-bond acceptors (Lipinski definition) is 2. The minimum atomic E-state index is -0.478. The van der Waals surface area contributed by atoms with Crippen LogP contribution >= 0.6 is 0 Å². The van der Waals surface area contributed by atoms with E-state index in [1.807, 2.05) is 6.08 Å². The van der Waals surface area contributed by atoms with Crippen molar-refractivity contribution < 1.29 is 9.59 Å². The molecule has 1 unspecified atom stereocenters. The molecule has 0 radical (unpaired) electrons. The Morgan fingerprint density at radius 2 is 2.11 bits per heavy atom. The molecule has 0 saturated heterocycles. The van der Waals surface area contributed by atoms with Gasteiger partial charge in [0.25, 0.3) is 0 Å². The number of hydrogen-bond donors (Lipinski definition) is 2. The van der Waals surface area contributed by atoms with Gasteiger partial charge in [0.15, 0.2) is 0 Å². The van der Waals surface area contributed by atoms with Gasteiger partial charge in [0.2, 0.25) is 11.8 Å². The number of carbonyl (C=O) groups excluding carboxylic acids is 2. The third-order valence-electron chi connectivity index (χ3n) is 3.50. The predicted octanol–water partition coefficient (Wildman–Crippen LogP) is 2.39. The molecule has 0 aliphatic heterocycles. The van der Waals surface area contributed by atoms with E-state index in [4.69, 9.17) is 5.73 Å². The van der Waals surface area contributed by atoms with Crippen LogP contribution in [0.3, 0.4) is 0 Å². The molecule has 1 aliphatic carbocycles. The molecule has 19 heavy (non-hydrogen) atoms. The summed E-state index contributed by atoms with van der Waals surface area (Å²) in [6.45, 7) is 1.79. The van der Waals surface area contributed by atoms with Crippen LogP contribution in [0.4, 0.5) is 5.69 Å². The Balaban J connectivity index is 2.15. The second kappa shape index (κ2) is 5.69. The second-order valence-corrected chi connectivity index (χ2v) is 4.81. The molecule has 1 aliphatic rings. The van der Waals surface area contributed by atoms with Gasteiger partial charge in [-0.25, -0.2) is 0 Å². The lowest BCUT2D eigenvalue weighted by molar-refractivity contribution is -0.120. The first-order chi connectivity index (χ1) is 9.09. The van der Waals surface area contributed by atoms with Crippen LogP contribution in [-0.4, -0.2) is 11.8 Å². The van der Waals surface area contributed by atoms with Gasteiger partial charge in [0.05, 0.1) is 0 Å². The molecule has 1 atom stereocenters. The number of anilines is 1. The molecular weight excluding hydrogens is 240 g/mol. The Bertz CT molecular complexity index is 535. The topological polar surface area (TPSA) is 72.2 Å². The number of benzene rings is 1. The first-order valence-corrected chi connectivity index (χ1v) is 6.45. The molecule has 3 N–H and O–H groups in total. The van der Waals surface area contributed by atoms with Crippen molar-refractivity contribution in [2.75, 3.05) is 5.32 Å². The van der Waals surface area contributed by atoms with Gasteiger partial charge >= 0.3 is 0 Å². The van der Waals surface area contributed by atoms with Crippen LogP contribution in [-0.2, 0) is 4.79 Å². The van der Waals surface area contributed by atoms with Gasteiger partial charge in [-0.2, -0.15) is 0 Å². The Kier molecular flexibility index (Phi) is 4.00. The first kappa shape index (κ1) is 13.3. The van der Waals surface area contributed by atoms with Crippen molar-refractivity contribution in [1.29, 1.82) is 0 Å². The quantitative estimate of drug-likeness (QED) is 0.817. The normalized spacial score (nSPS) is 18.1. The van der Waals surface area contributed by atoms with Gasteiger partial charge in [0, 0.05) is 17.2 Å². The number of primary amides is 1. The molecule has 0 saturated carbocycles. The van der Waals surface area contributed by atoms with E-state index in [2.05, 4.69) is 11.4 Å². The number of carbonyl (C=O) groups is 2. The third-order valence-corrected chi connectivity index (χ3v) is 3.50. The van der Waals surface area contributed by atoms with E-state index in [-0.39, 0.29) is 11.8 Å². The molecular formula is C15H18N2O2. The lowest BCUT2D eigenvalue weighted by Crippen LogP contribution is -2.24. The van der Waals surface area contributed by atoms with Crippen molar-refractivity contribution in [2.24, 2.45) is 11.7 Å². The number of allylic oxidation sites excluding steroid dienone is 2. The fourth-order valence-corrected chi connectivity index (χ4v) is 2.30. The van der Waals surface area contributed by atoms with E-state index in [0.29, 0.717) is 11.3 Å². The van der Waals surface area contributed by atoms with Crippen molar-refractivity contribution in [3.63, 3.8) is 0 Å². The molecule has 4 heteroatoms. The second-order valence-electron chi connectivity index (χ2n) is 4.81. The van der Waals surface area contributed by atoms with Crippen LogP contribution in [0, 0.1) is 12.8 Å². The monoisotopic (exact) mass is 258 g/mol. The maximum absolute atomic E-state index is 12.1. The summed E-state index contributed by atoms with van der Waals surface area (Å²) in [6, 6.07) is 5.18. The van der Waals surface area contributed by atoms with Crippen LogP contribution in [0.25, 0.3) is 0 Å². The Morgan fingerprint density at radius 3 is 2.74 bits per heavy atom. The van der Waals surface area contributed by atoms with Crippen molar-refractivity contribution in [3.05, 3.63) is 41.5 Å². The molecule has 100 valence electrons. The number of rotatable bonds is 3. The Labute approximate surface area is 112 Å². The fraction of sp³-hybridized carbons (Fsp3) is 0.333. The highest BCUT2D eigenvalue weighted by molar-refractivity contribution is 5.99. The third kappa shape index (κ3) is 3.02. The van der Waals surface area contributed by atoms with Crippen molar-refractivity contribution in [1.82, 2.24) is 0 Å². The van der Waals surface area contributed by atoms with E-state index in [1.165, 1.54) is 0 Å². The lowest BCUT2D eigenvalue weighted by atomic mass is 9.93. The van der Waals surface area contributed by atoms with Gasteiger partial charge in [0.1, 0.15) is 0 Å². The molecule has 0 bridgehead atoms. The highest BCUT2D eigenvalue weighted by Crippen LogP contribution is 2.23. The van der Waals surface area contributed by atoms with Crippen molar-refractivity contribution in [3.8, 4) is 0 Å². The smallest absolute Gasteiger partial charge is 0.249 e. The van der Waals surface area contributed by atoms with Crippen LogP contribution in [0.2, 0.25) is 0 Å². The summed E-state index contributed by atoms with van der Waals surface area (Å²) < 4.78 is 0. The Morgan fingerprint density at radius 1 is 1.32 bits per heavy atom. The highest BCUT2D eigenvalue weighted by Gasteiger charge is 2.19. The maximum Gasteiger partial charge on any atom is 0.249 e. The minimum absolute atomic E-state index is 0.00840. The standard InChI is InChI=1S/C15H18N2O2/c1-10-12(14(16)18)8-5-9-13(10)17-15(19)11-6-3-2-4-7-11/h2-3,5,8-9,11H,4,6-7H2,1H3,(H2,16,18)(H,17,19). The zero-order valence-corrected chi connectivity index (χ0v) is 11.0. The Hall–Kier alpha value is -2.10. The average molecular weight is 258 g/mol.